The molecule has 138 valence electrons. The third-order valence-electron chi connectivity index (χ3n) is 5.31. The Kier molecular flexibility index (Phi) is 3.42. The van der Waals surface area contributed by atoms with E-state index in [2.05, 4.69) is 14.8 Å². The molecule has 6 nitrogen and oxygen atoms in total. The number of hydrogen-bond donors (Lipinski definition) is 0. The molecule has 3 aromatic heterocycles. The Balaban J connectivity index is 1.82. The van der Waals surface area contributed by atoms with E-state index in [0.717, 1.165) is 16.8 Å². The minimum atomic E-state index is -3.03. The summed E-state index contributed by atoms with van der Waals surface area (Å²) >= 11 is 6.16. The molecule has 1 aliphatic carbocycles. The molecular weight excluding hydrogens is 378 g/mol. The molecule has 2 bridgehead atoms. The van der Waals surface area contributed by atoms with E-state index in [0.29, 0.717) is 22.6 Å². The molecule has 27 heavy (non-hydrogen) atoms. The van der Waals surface area contributed by atoms with Crippen molar-refractivity contribution in [1.29, 1.82) is 0 Å². The van der Waals surface area contributed by atoms with Crippen LogP contribution in [0, 0.1) is 0 Å². The van der Waals surface area contributed by atoms with E-state index < -0.39 is 6.61 Å². The van der Waals surface area contributed by atoms with Gasteiger partial charge in [-0.25, -0.2) is 9.50 Å². The standard InChI is InChI=1S/C18H13ClF2N4O2/c1-24-12-7-10(14-11-6-8(19)3-5-25(11)23-15(12)14)13-9(17(24)26)2-4-22-16(13)27-18(20)21/h2-6,10,12,18H,7H2,1H3. The third kappa shape index (κ3) is 2.26. The lowest BCUT2D eigenvalue weighted by Crippen LogP contribution is -2.30. The Bertz CT molecular complexity index is 1100. The minimum Gasteiger partial charge on any atom is -0.417 e. The molecule has 9 heteroatoms. The summed E-state index contributed by atoms with van der Waals surface area (Å²) in [7, 11) is 1.69. The largest absolute Gasteiger partial charge is 0.417 e. The van der Waals surface area contributed by atoms with Gasteiger partial charge in [0.25, 0.3) is 5.91 Å². The van der Waals surface area contributed by atoms with Crippen LogP contribution in [0.4, 0.5) is 8.78 Å². The summed E-state index contributed by atoms with van der Waals surface area (Å²) in [4.78, 5) is 18.5. The molecule has 1 amide bonds. The number of fused-ring (bicyclic) bond motifs is 9. The van der Waals surface area contributed by atoms with Crippen LogP contribution in [0.5, 0.6) is 5.88 Å². The first kappa shape index (κ1) is 16.4. The summed E-state index contributed by atoms with van der Waals surface area (Å²) in [5.74, 6) is -0.823. The van der Waals surface area contributed by atoms with E-state index in [4.69, 9.17) is 11.6 Å². The van der Waals surface area contributed by atoms with Crippen LogP contribution in [0.3, 0.4) is 0 Å². The van der Waals surface area contributed by atoms with Gasteiger partial charge >= 0.3 is 6.61 Å². The van der Waals surface area contributed by atoms with E-state index >= 15 is 0 Å². The number of carbonyl (C=O) groups is 1. The van der Waals surface area contributed by atoms with Gasteiger partial charge in [-0.3, -0.25) is 4.79 Å². The number of nitrogens with zero attached hydrogens (tertiary/aromatic N) is 4. The van der Waals surface area contributed by atoms with Gasteiger partial charge in [0.05, 0.1) is 22.8 Å². The zero-order valence-electron chi connectivity index (χ0n) is 14.1. The van der Waals surface area contributed by atoms with Gasteiger partial charge in [-0.05, 0) is 24.6 Å². The zero-order valence-corrected chi connectivity index (χ0v) is 14.8. The first-order valence-electron chi connectivity index (χ1n) is 8.34. The fourth-order valence-corrected chi connectivity index (χ4v) is 4.36. The number of carbonyl (C=O) groups excluding carboxylic acids is 1. The summed E-state index contributed by atoms with van der Waals surface area (Å²) in [5.41, 5.74) is 3.10. The summed E-state index contributed by atoms with van der Waals surface area (Å²) < 4.78 is 32.3. The van der Waals surface area contributed by atoms with Crippen molar-refractivity contribution >= 4 is 23.0 Å². The van der Waals surface area contributed by atoms with Crippen LogP contribution < -0.4 is 4.74 Å². The van der Waals surface area contributed by atoms with Crippen LogP contribution >= 0.6 is 11.6 Å². The quantitative estimate of drug-likeness (QED) is 0.670. The number of pyridine rings is 2. The molecule has 3 aromatic rings. The van der Waals surface area contributed by atoms with E-state index in [1.54, 1.807) is 40.9 Å². The monoisotopic (exact) mass is 390 g/mol. The predicted octanol–water partition coefficient (Wildman–Crippen LogP) is 3.65. The summed E-state index contributed by atoms with van der Waals surface area (Å²) in [6.45, 7) is -3.03. The summed E-state index contributed by atoms with van der Waals surface area (Å²) in [6, 6.07) is 4.79. The Morgan fingerprint density at radius 1 is 1.33 bits per heavy atom. The average Bonchev–Trinajstić information content (AvgIpc) is 3.14. The van der Waals surface area contributed by atoms with Crippen molar-refractivity contribution in [3.05, 3.63) is 58.0 Å². The van der Waals surface area contributed by atoms with Crippen molar-refractivity contribution in [2.45, 2.75) is 25.0 Å². The van der Waals surface area contributed by atoms with Gasteiger partial charge in [-0.1, -0.05) is 11.6 Å². The van der Waals surface area contributed by atoms with Gasteiger partial charge in [0.1, 0.15) is 0 Å². The fraction of sp³-hybridized carbons (Fsp3) is 0.278. The van der Waals surface area contributed by atoms with Crippen molar-refractivity contribution < 1.29 is 18.3 Å². The van der Waals surface area contributed by atoms with Crippen LogP contribution in [0.1, 0.15) is 45.6 Å². The Hall–Kier alpha value is -2.74. The Morgan fingerprint density at radius 2 is 2.15 bits per heavy atom. The minimum absolute atomic E-state index is 0.218. The van der Waals surface area contributed by atoms with E-state index in [9.17, 15) is 13.6 Å². The lowest BCUT2D eigenvalue weighted by atomic mass is 9.90. The fourth-order valence-electron chi connectivity index (χ4n) is 4.20. The Labute approximate surface area is 157 Å². The molecule has 5 rings (SSSR count). The highest BCUT2D eigenvalue weighted by molar-refractivity contribution is 6.30. The van der Waals surface area contributed by atoms with Crippen LogP contribution in [-0.4, -0.2) is 39.1 Å². The van der Waals surface area contributed by atoms with Gasteiger partial charge in [0.15, 0.2) is 0 Å². The first-order valence-corrected chi connectivity index (χ1v) is 8.72. The molecule has 0 saturated heterocycles. The van der Waals surface area contributed by atoms with E-state index in [1.165, 1.54) is 6.20 Å². The molecule has 0 saturated carbocycles. The van der Waals surface area contributed by atoms with Gasteiger partial charge < -0.3 is 9.64 Å². The van der Waals surface area contributed by atoms with Crippen LogP contribution in [0.2, 0.25) is 5.02 Å². The second-order valence-electron chi connectivity index (χ2n) is 6.65. The highest BCUT2D eigenvalue weighted by Gasteiger charge is 2.46. The maximum absolute atomic E-state index is 13.0. The number of halogens is 3. The van der Waals surface area contributed by atoms with Crippen molar-refractivity contribution in [1.82, 2.24) is 19.5 Å². The third-order valence-corrected chi connectivity index (χ3v) is 5.54. The van der Waals surface area contributed by atoms with E-state index in [-0.39, 0.29) is 23.7 Å². The van der Waals surface area contributed by atoms with Crippen molar-refractivity contribution in [3.8, 4) is 5.88 Å². The topological polar surface area (TPSA) is 59.7 Å². The number of amides is 1. The molecular formula is C18H13ClF2N4O2. The number of ether oxygens (including phenoxy) is 1. The SMILES string of the molecule is CN1C(=O)c2ccnc(OC(F)F)c2C2CC1c1nn3ccc(Cl)cc3c12. The first-order chi connectivity index (χ1) is 13.0. The maximum atomic E-state index is 13.0. The predicted molar refractivity (Wildman–Crippen MR) is 92.4 cm³/mol. The second-order valence-corrected chi connectivity index (χ2v) is 7.09. The molecule has 1 aliphatic heterocycles. The summed E-state index contributed by atoms with van der Waals surface area (Å²) in [5, 5.41) is 5.17. The molecule has 0 spiro atoms. The van der Waals surface area contributed by atoms with Gasteiger partial charge in [0.2, 0.25) is 5.88 Å². The molecule has 4 heterocycles. The number of hydrogen-bond acceptors (Lipinski definition) is 4. The van der Waals surface area contributed by atoms with Crippen molar-refractivity contribution in [3.63, 3.8) is 0 Å². The number of rotatable bonds is 2. The highest BCUT2D eigenvalue weighted by Crippen LogP contribution is 2.53. The molecule has 0 fully saturated rings. The van der Waals surface area contributed by atoms with Crippen LogP contribution in [0.15, 0.2) is 30.6 Å². The average molecular weight is 391 g/mol. The van der Waals surface area contributed by atoms with Gasteiger partial charge in [-0.15, -0.1) is 0 Å². The lowest BCUT2D eigenvalue weighted by Gasteiger charge is -2.23. The lowest BCUT2D eigenvalue weighted by molar-refractivity contribution is -0.0536. The van der Waals surface area contributed by atoms with Crippen molar-refractivity contribution in [2.24, 2.45) is 0 Å². The highest BCUT2D eigenvalue weighted by atomic mass is 35.5. The molecule has 2 atom stereocenters. The van der Waals surface area contributed by atoms with Crippen LogP contribution in [0.25, 0.3) is 5.52 Å². The molecule has 0 aromatic carbocycles. The van der Waals surface area contributed by atoms with E-state index in [1.807, 2.05) is 0 Å². The van der Waals surface area contributed by atoms with Gasteiger partial charge in [0, 0.05) is 41.5 Å². The summed E-state index contributed by atoms with van der Waals surface area (Å²) in [6.07, 6.45) is 3.58. The Morgan fingerprint density at radius 3 is 2.93 bits per heavy atom. The smallest absolute Gasteiger partial charge is 0.388 e. The number of alkyl halides is 2. The molecule has 2 unspecified atom stereocenters. The van der Waals surface area contributed by atoms with Crippen molar-refractivity contribution in [2.75, 3.05) is 7.05 Å². The second kappa shape index (κ2) is 5.63. The van der Waals surface area contributed by atoms with Crippen LogP contribution in [-0.2, 0) is 0 Å². The zero-order chi connectivity index (χ0) is 18.9. The number of aromatic nitrogens is 3. The normalized spacial score (nSPS) is 20.8. The molecule has 2 aliphatic rings. The molecule has 0 N–H and O–H groups in total. The van der Waals surface area contributed by atoms with Gasteiger partial charge in [-0.2, -0.15) is 13.9 Å². The maximum Gasteiger partial charge on any atom is 0.388 e. The molecule has 0 radical (unpaired) electrons.